The van der Waals surface area contributed by atoms with Crippen LogP contribution in [-0.4, -0.2) is 56.6 Å². The SMILES string of the molecule is CCOC(=O)/C=C/[C@H](C[C@@H]1CCNC1=O)NC(=O)[C@H](Cc1ccc(F)cc1)NCB=O. The predicted octanol–water partition coefficient (Wildman–Crippen LogP) is 0.464. The number of carbonyl (C=O) groups is 3. The maximum absolute atomic E-state index is 13.2. The molecule has 2 rings (SSSR count). The summed E-state index contributed by atoms with van der Waals surface area (Å²) in [7, 11) is 0.645. The Morgan fingerprint density at radius 1 is 1.35 bits per heavy atom. The average Bonchev–Trinajstić information content (AvgIpc) is 3.15. The molecule has 3 N–H and O–H groups in total. The van der Waals surface area contributed by atoms with Crippen molar-refractivity contribution in [2.24, 2.45) is 5.92 Å². The monoisotopic (exact) mass is 431 g/mol. The number of benzene rings is 1. The molecule has 0 spiro atoms. The van der Waals surface area contributed by atoms with Crippen LogP contribution < -0.4 is 16.0 Å². The molecule has 0 aromatic heterocycles. The number of halogens is 1. The average molecular weight is 431 g/mol. The van der Waals surface area contributed by atoms with Gasteiger partial charge in [0.05, 0.1) is 0 Å². The van der Waals surface area contributed by atoms with E-state index in [9.17, 15) is 23.5 Å². The van der Waals surface area contributed by atoms with Gasteiger partial charge < -0.3 is 0 Å². The summed E-state index contributed by atoms with van der Waals surface area (Å²) in [5.41, 5.74) is 0.716. The van der Waals surface area contributed by atoms with E-state index in [-0.39, 0.29) is 37.1 Å². The fourth-order valence-electron chi connectivity index (χ4n) is 3.33. The van der Waals surface area contributed by atoms with Crippen LogP contribution in [0, 0.1) is 11.7 Å². The van der Waals surface area contributed by atoms with Crippen LogP contribution in [0.3, 0.4) is 0 Å². The summed E-state index contributed by atoms with van der Waals surface area (Å²) in [6, 6.07) is 4.39. The van der Waals surface area contributed by atoms with Crippen molar-refractivity contribution >= 4 is 24.9 Å². The summed E-state index contributed by atoms with van der Waals surface area (Å²) in [5, 5.41) is 8.45. The second-order valence-corrected chi connectivity index (χ2v) is 7.20. The van der Waals surface area contributed by atoms with E-state index in [2.05, 4.69) is 16.0 Å². The number of hydrogen-bond donors (Lipinski definition) is 3. The summed E-state index contributed by atoms with van der Waals surface area (Å²) < 4.78 is 28.9. The number of amides is 2. The Kier molecular flexibility index (Phi) is 10.0. The number of carbonyl (C=O) groups excluding carboxylic acids is 3. The Balaban J connectivity index is 2.11. The molecule has 1 aromatic rings. The van der Waals surface area contributed by atoms with E-state index in [1.807, 2.05) is 0 Å². The standard InChI is InChI=1S/C21H27BFN3O5/c1-2-31-19(27)8-7-17(12-15-9-10-24-20(15)28)26-21(29)18(25-13-22-30)11-14-3-5-16(23)6-4-14/h3-8,15,17-18,25H,2,9-13H2,1H3,(H,24,28)(H,26,29)/b8-7+/t15-,17+,18-/m0/s1. The molecule has 1 fully saturated rings. The molecule has 1 heterocycles. The van der Waals surface area contributed by atoms with Gasteiger partial charge in [-0.2, -0.15) is 0 Å². The molecule has 8 nitrogen and oxygen atoms in total. The first-order valence-electron chi connectivity index (χ1n) is 10.3. The maximum atomic E-state index is 13.2. The van der Waals surface area contributed by atoms with Crippen LogP contribution >= 0.6 is 0 Å². The van der Waals surface area contributed by atoms with Gasteiger partial charge in [0.1, 0.15) is 0 Å². The molecule has 166 valence electrons. The summed E-state index contributed by atoms with van der Waals surface area (Å²) in [4.78, 5) is 36.6. The van der Waals surface area contributed by atoms with E-state index in [1.54, 1.807) is 19.1 Å². The van der Waals surface area contributed by atoms with Gasteiger partial charge >= 0.3 is 181 Å². The first-order chi connectivity index (χ1) is 14.9. The second kappa shape index (κ2) is 12.7. The summed E-state index contributed by atoms with van der Waals surface area (Å²) in [6.45, 7) is 2.48. The van der Waals surface area contributed by atoms with Crippen molar-refractivity contribution in [1.82, 2.24) is 16.0 Å². The number of rotatable bonds is 12. The Hall–Kier alpha value is -2.88. The third-order valence-electron chi connectivity index (χ3n) is 4.90. The van der Waals surface area contributed by atoms with Crippen LogP contribution in [0.4, 0.5) is 4.39 Å². The van der Waals surface area contributed by atoms with Gasteiger partial charge in [-0.3, -0.25) is 0 Å². The van der Waals surface area contributed by atoms with Crippen molar-refractivity contribution in [3.63, 3.8) is 0 Å². The molecule has 0 saturated carbocycles. The van der Waals surface area contributed by atoms with E-state index in [0.717, 1.165) is 0 Å². The van der Waals surface area contributed by atoms with Crippen LogP contribution in [0.1, 0.15) is 25.3 Å². The van der Waals surface area contributed by atoms with Gasteiger partial charge in [-0.15, -0.1) is 0 Å². The van der Waals surface area contributed by atoms with Crippen LogP contribution in [0.25, 0.3) is 0 Å². The third kappa shape index (κ3) is 8.41. The molecule has 0 radical (unpaired) electrons. The molecule has 1 saturated heterocycles. The van der Waals surface area contributed by atoms with Crippen molar-refractivity contribution in [2.75, 3.05) is 19.6 Å². The van der Waals surface area contributed by atoms with Crippen LogP contribution in [0.2, 0.25) is 0 Å². The molecular formula is C21H27BFN3O5. The number of nitrogens with one attached hydrogen (secondary N) is 3. The van der Waals surface area contributed by atoms with Crippen molar-refractivity contribution in [3.05, 3.63) is 47.8 Å². The van der Waals surface area contributed by atoms with Crippen molar-refractivity contribution in [2.45, 2.75) is 38.3 Å². The van der Waals surface area contributed by atoms with Crippen LogP contribution in [0.15, 0.2) is 36.4 Å². The van der Waals surface area contributed by atoms with Crippen molar-refractivity contribution in [1.29, 1.82) is 0 Å². The van der Waals surface area contributed by atoms with E-state index in [4.69, 9.17) is 4.74 Å². The Morgan fingerprint density at radius 3 is 2.71 bits per heavy atom. The number of hydrogen-bond acceptors (Lipinski definition) is 6. The normalized spacial score (nSPS) is 17.6. The van der Waals surface area contributed by atoms with Gasteiger partial charge in [0, 0.05) is 0 Å². The zero-order valence-corrected chi connectivity index (χ0v) is 17.4. The molecule has 1 aliphatic rings. The molecular weight excluding hydrogens is 404 g/mol. The minimum absolute atomic E-state index is 0.0341. The van der Waals surface area contributed by atoms with Gasteiger partial charge in [-0.05, 0) is 0 Å². The molecule has 31 heavy (non-hydrogen) atoms. The first kappa shape index (κ1) is 24.4. The first-order valence-corrected chi connectivity index (χ1v) is 10.3. The Morgan fingerprint density at radius 2 is 2.10 bits per heavy atom. The van der Waals surface area contributed by atoms with Gasteiger partial charge in [-0.1, -0.05) is 0 Å². The zero-order valence-electron chi connectivity index (χ0n) is 17.4. The van der Waals surface area contributed by atoms with Gasteiger partial charge in [0.25, 0.3) is 0 Å². The quantitative estimate of drug-likeness (QED) is 0.252. The molecule has 0 bridgehead atoms. The van der Waals surface area contributed by atoms with E-state index in [1.165, 1.54) is 24.3 Å². The molecule has 3 atom stereocenters. The summed E-state index contributed by atoms with van der Waals surface area (Å²) >= 11 is 0. The molecule has 1 aromatic carbocycles. The van der Waals surface area contributed by atoms with Gasteiger partial charge in [0.15, 0.2) is 0 Å². The predicted molar refractivity (Wildman–Crippen MR) is 112 cm³/mol. The third-order valence-corrected chi connectivity index (χ3v) is 4.90. The topological polar surface area (TPSA) is 114 Å². The van der Waals surface area contributed by atoms with E-state index >= 15 is 0 Å². The van der Waals surface area contributed by atoms with Crippen molar-refractivity contribution in [3.8, 4) is 0 Å². The molecule has 1 aliphatic heterocycles. The Labute approximate surface area is 181 Å². The number of ether oxygens (including phenoxy) is 1. The fourth-order valence-corrected chi connectivity index (χ4v) is 3.33. The molecule has 10 heteroatoms. The van der Waals surface area contributed by atoms with E-state index < -0.39 is 24.0 Å². The minimum atomic E-state index is -0.758. The zero-order chi connectivity index (χ0) is 22.6. The van der Waals surface area contributed by atoms with E-state index in [0.29, 0.717) is 32.1 Å². The summed E-state index contributed by atoms with van der Waals surface area (Å²) in [5.74, 6) is -1.70. The van der Waals surface area contributed by atoms with Crippen LogP contribution in [0.5, 0.6) is 0 Å². The summed E-state index contributed by atoms with van der Waals surface area (Å²) in [6.07, 6.45) is 3.91. The fraction of sp³-hybridized carbons (Fsp3) is 0.476. The van der Waals surface area contributed by atoms with Gasteiger partial charge in [0.2, 0.25) is 0 Å². The Bertz CT molecular complexity index is 803. The molecule has 0 unspecified atom stereocenters. The molecule has 2 amide bonds. The second-order valence-electron chi connectivity index (χ2n) is 7.20. The van der Waals surface area contributed by atoms with Crippen LogP contribution in [-0.2, 0) is 30.2 Å². The van der Waals surface area contributed by atoms with Gasteiger partial charge in [-0.25, -0.2) is 0 Å². The molecule has 0 aliphatic carbocycles. The number of esters is 1. The van der Waals surface area contributed by atoms with Crippen molar-refractivity contribution < 1.29 is 28.2 Å².